The SMILES string of the molecule is CC(CO)CC1NC(=O)C2Cc3c([nH]c4ccccc34)SCC(NC(=O)N3CC(O)CC3C(=O)NC(C)C(=O)N2)C(=O)C(C(O)C(=O)O)NC(=O)C(C(C)C)NC1=O. The molecule has 2 aromatic rings. The van der Waals surface area contributed by atoms with Crippen LogP contribution in [0.4, 0.5) is 4.79 Å². The molecule has 0 radical (unpaired) electrons. The van der Waals surface area contributed by atoms with Gasteiger partial charge >= 0.3 is 12.0 Å². The highest BCUT2D eigenvalue weighted by molar-refractivity contribution is 7.99. The predicted octanol–water partition coefficient (Wildman–Crippen LogP) is -2.52. The Morgan fingerprint density at radius 2 is 1.55 bits per heavy atom. The maximum Gasteiger partial charge on any atom is 0.335 e. The van der Waals surface area contributed by atoms with Gasteiger partial charge in [-0.2, -0.15) is 0 Å². The molecule has 2 bridgehead atoms. The van der Waals surface area contributed by atoms with Crippen molar-refractivity contribution in [3.05, 3.63) is 29.8 Å². The topological polar surface area (TPSA) is 309 Å². The second kappa shape index (κ2) is 18.6. The second-order valence-corrected chi connectivity index (χ2v) is 16.4. The third-order valence-electron chi connectivity index (χ3n) is 10.4. The normalized spacial score (nSPS) is 29.2. The first-order valence-electron chi connectivity index (χ1n) is 18.9. The third kappa shape index (κ3) is 9.88. The fourth-order valence-corrected chi connectivity index (χ4v) is 8.27. The monoisotopic (exact) mass is 830 g/mol. The van der Waals surface area contributed by atoms with E-state index in [0.29, 0.717) is 21.5 Å². The van der Waals surface area contributed by atoms with Crippen LogP contribution in [0.3, 0.4) is 0 Å². The highest BCUT2D eigenvalue weighted by atomic mass is 32.2. The molecule has 21 heteroatoms. The Kier molecular flexibility index (Phi) is 14.0. The number of nitrogens with one attached hydrogen (secondary N) is 7. The third-order valence-corrected chi connectivity index (χ3v) is 11.6. The number of aliphatic hydroxyl groups excluding tert-OH is 3. The number of carboxylic acids is 1. The van der Waals surface area contributed by atoms with E-state index in [9.17, 15) is 58.8 Å². The lowest BCUT2D eigenvalue weighted by atomic mass is 9.97. The van der Waals surface area contributed by atoms with E-state index >= 15 is 0 Å². The zero-order valence-corrected chi connectivity index (χ0v) is 33.1. The number of para-hydroxylation sites is 1. The highest BCUT2D eigenvalue weighted by Crippen LogP contribution is 2.32. The summed E-state index contributed by atoms with van der Waals surface area (Å²) >= 11 is 0.975. The van der Waals surface area contributed by atoms with E-state index in [2.05, 4.69) is 36.9 Å². The Bertz CT molecular complexity index is 1940. The molecule has 3 aliphatic heterocycles. The molecule has 3 aliphatic rings. The Hall–Kier alpha value is -5.25. The number of Topliss-reactive ketones (excluding diaryl/α,β-unsaturated/α-hetero) is 1. The standard InChI is InChI=1S/C37H50N8O12S/c1-15(2)26-34(54)44-27(29(49)36(55)56)28(48)24-14-58-35-20(19-7-5-6-8-21(19)41-35)11-23(31(51)40-22(32(52)43-26)9-16(3)13-46)39-30(50)17(4)38-33(53)25-10-18(47)12-45(25)37(57)42-24/h5-8,15-18,22-27,29,41,46-47,49H,9-14H2,1-4H3,(H,38,53)(H,39,50)(H,40,51)(H,42,57)(H,43,52)(H,44,54)(H,55,56). The summed E-state index contributed by atoms with van der Waals surface area (Å²) in [5.41, 5.74) is 1.05. The summed E-state index contributed by atoms with van der Waals surface area (Å²) in [6, 6.07) is -4.84. The second-order valence-electron chi connectivity index (χ2n) is 15.3. The number of hydrogen-bond donors (Lipinski definition) is 11. The van der Waals surface area contributed by atoms with E-state index in [0.717, 1.165) is 16.7 Å². The van der Waals surface area contributed by atoms with Crippen LogP contribution in [-0.2, 0) is 40.0 Å². The largest absolute Gasteiger partial charge is 0.479 e. The summed E-state index contributed by atoms with van der Waals surface area (Å²) in [7, 11) is 0. The molecule has 1 aromatic heterocycles. The summed E-state index contributed by atoms with van der Waals surface area (Å²) < 4.78 is 0. The first kappa shape index (κ1) is 43.9. The number of aliphatic hydroxyl groups is 3. The first-order chi connectivity index (χ1) is 27.4. The van der Waals surface area contributed by atoms with Gasteiger partial charge < -0.3 is 62.2 Å². The number of fused-ring (bicyclic) bond motifs is 5. The number of carboxylic acid groups (broad SMARTS) is 1. The number of urea groups is 1. The van der Waals surface area contributed by atoms with Gasteiger partial charge in [-0.25, -0.2) is 9.59 Å². The summed E-state index contributed by atoms with van der Waals surface area (Å²) in [6.07, 6.45) is -4.31. The van der Waals surface area contributed by atoms with E-state index in [1.54, 1.807) is 45.0 Å². The zero-order chi connectivity index (χ0) is 42.6. The summed E-state index contributed by atoms with van der Waals surface area (Å²) in [5.74, 6) is -9.10. The number of ketones is 1. The van der Waals surface area contributed by atoms with Gasteiger partial charge in [-0.1, -0.05) is 39.0 Å². The van der Waals surface area contributed by atoms with E-state index in [1.807, 2.05) is 0 Å². The van der Waals surface area contributed by atoms with Crippen molar-refractivity contribution in [1.82, 2.24) is 41.8 Å². The smallest absolute Gasteiger partial charge is 0.335 e. The van der Waals surface area contributed by atoms with E-state index in [4.69, 9.17) is 0 Å². The van der Waals surface area contributed by atoms with Crippen LogP contribution in [0.5, 0.6) is 0 Å². The number of nitrogens with zero attached hydrogens (tertiary/aromatic N) is 1. The molecule has 1 fully saturated rings. The molecule has 20 nitrogen and oxygen atoms in total. The van der Waals surface area contributed by atoms with Crippen molar-refractivity contribution >= 4 is 70.0 Å². The Balaban J connectivity index is 1.73. The molecule has 0 saturated carbocycles. The average Bonchev–Trinajstić information content (AvgIpc) is 3.75. The minimum absolute atomic E-state index is 0.133. The molecule has 0 spiro atoms. The number of carbonyl (C=O) groups is 8. The van der Waals surface area contributed by atoms with Crippen molar-refractivity contribution in [3.63, 3.8) is 0 Å². The van der Waals surface area contributed by atoms with E-state index in [1.165, 1.54) is 6.92 Å². The quantitative estimate of drug-likeness (QED) is 0.143. The molecule has 316 valence electrons. The number of aromatic nitrogens is 1. The number of amides is 7. The van der Waals surface area contributed by atoms with Gasteiger partial charge in [0.2, 0.25) is 29.5 Å². The van der Waals surface area contributed by atoms with Crippen LogP contribution in [0.2, 0.25) is 0 Å². The Labute approximate surface area is 337 Å². The molecule has 7 amide bonds. The Morgan fingerprint density at radius 3 is 2.22 bits per heavy atom. The number of benzene rings is 1. The van der Waals surface area contributed by atoms with Crippen LogP contribution in [0.25, 0.3) is 10.9 Å². The predicted molar refractivity (Wildman–Crippen MR) is 206 cm³/mol. The fraction of sp³-hybridized carbons (Fsp3) is 0.568. The lowest BCUT2D eigenvalue weighted by molar-refractivity contribution is -0.152. The summed E-state index contributed by atoms with van der Waals surface area (Å²) in [6.45, 7) is 5.31. The van der Waals surface area contributed by atoms with Crippen LogP contribution in [0.15, 0.2) is 29.3 Å². The molecule has 11 N–H and O–H groups in total. The molecular weight excluding hydrogens is 781 g/mol. The summed E-state index contributed by atoms with van der Waals surface area (Å²) in [5, 5.41) is 57.4. The van der Waals surface area contributed by atoms with Gasteiger partial charge in [0.05, 0.1) is 11.1 Å². The van der Waals surface area contributed by atoms with Gasteiger partial charge in [0, 0.05) is 42.6 Å². The van der Waals surface area contributed by atoms with Gasteiger partial charge in [-0.15, -0.1) is 11.8 Å². The van der Waals surface area contributed by atoms with Gasteiger partial charge in [0.1, 0.15) is 42.3 Å². The molecule has 10 atom stereocenters. The number of aromatic amines is 1. The van der Waals surface area contributed by atoms with Gasteiger partial charge in [0.25, 0.3) is 0 Å². The van der Waals surface area contributed by atoms with Crippen molar-refractivity contribution in [2.45, 2.75) is 106 Å². The van der Waals surface area contributed by atoms with Crippen LogP contribution in [-0.4, -0.2) is 151 Å². The van der Waals surface area contributed by atoms with Crippen LogP contribution in [0, 0.1) is 11.8 Å². The van der Waals surface area contributed by atoms with E-state index < -0.39 is 114 Å². The molecule has 0 aliphatic carbocycles. The van der Waals surface area contributed by atoms with E-state index in [-0.39, 0.29) is 38.2 Å². The number of hydrogen-bond acceptors (Lipinski definition) is 12. The molecule has 1 saturated heterocycles. The number of rotatable bonds is 6. The number of thioether (sulfide) groups is 1. The van der Waals surface area contributed by atoms with Crippen LogP contribution in [0.1, 0.15) is 46.1 Å². The summed E-state index contributed by atoms with van der Waals surface area (Å²) in [4.78, 5) is 114. The van der Waals surface area contributed by atoms with Crippen molar-refractivity contribution in [2.75, 3.05) is 18.9 Å². The zero-order valence-electron chi connectivity index (χ0n) is 32.3. The average molecular weight is 831 g/mol. The highest BCUT2D eigenvalue weighted by Gasteiger charge is 2.44. The minimum Gasteiger partial charge on any atom is -0.479 e. The fourth-order valence-electron chi connectivity index (χ4n) is 7.14. The molecule has 5 rings (SSSR count). The lowest BCUT2D eigenvalue weighted by Crippen LogP contribution is -2.63. The van der Waals surface area contributed by atoms with Crippen molar-refractivity contribution in [1.29, 1.82) is 0 Å². The minimum atomic E-state index is -2.54. The molecule has 58 heavy (non-hydrogen) atoms. The van der Waals surface area contributed by atoms with Crippen LogP contribution < -0.4 is 31.9 Å². The first-order valence-corrected chi connectivity index (χ1v) is 19.9. The molecular formula is C37H50N8O12S. The maximum atomic E-state index is 14.5. The molecule has 10 unspecified atom stereocenters. The van der Waals surface area contributed by atoms with Crippen molar-refractivity contribution < 1.29 is 58.8 Å². The van der Waals surface area contributed by atoms with Crippen molar-refractivity contribution in [2.24, 2.45) is 11.8 Å². The van der Waals surface area contributed by atoms with Crippen LogP contribution >= 0.6 is 11.8 Å². The van der Waals surface area contributed by atoms with Gasteiger partial charge in [-0.05, 0) is 36.8 Å². The lowest BCUT2D eigenvalue weighted by Gasteiger charge is -2.31. The molecule has 1 aromatic carbocycles. The molecule has 4 heterocycles. The number of aliphatic carboxylic acids is 1. The number of carbonyl (C=O) groups excluding carboxylic acids is 7. The van der Waals surface area contributed by atoms with Gasteiger partial charge in [0.15, 0.2) is 11.9 Å². The maximum absolute atomic E-state index is 14.5. The number of H-pyrrole nitrogens is 1. The Morgan fingerprint density at radius 1 is 0.862 bits per heavy atom. The van der Waals surface area contributed by atoms with Gasteiger partial charge in [-0.3, -0.25) is 28.8 Å². The van der Waals surface area contributed by atoms with Crippen molar-refractivity contribution in [3.8, 4) is 0 Å².